The molecule has 6 fully saturated rings. The van der Waals surface area contributed by atoms with E-state index in [0.29, 0.717) is 0 Å². The van der Waals surface area contributed by atoms with Gasteiger partial charge in [-0.25, -0.2) is 0 Å². The Hall–Kier alpha value is -6.00. The van der Waals surface area contributed by atoms with Crippen LogP contribution in [-0.2, 0) is 60.3 Å². The third-order valence-corrected chi connectivity index (χ3v) is 22.2. The van der Waals surface area contributed by atoms with Gasteiger partial charge in [-0.15, -0.1) is 105 Å². The monoisotopic (exact) mass is 1990 g/mol. The fourth-order valence-corrected chi connectivity index (χ4v) is 17.8. The van der Waals surface area contributed by atoms with Crippen LogP contribution in [-0.4, -0.2) is 63.9 Å². The SMILES string of the molecule is CC(O)=CC(C)O.CC(O)=CC(C)O.CC(O)=CC(C)O.Cc1[c-]c(-c2ccc3c(C4CCCC4)c(C4CCCC4)ccc3n2)cc(C)c1.Cc1[c-]c(-c2ccc3c(C4CCCC4)cc(C4CCCC4)cc3n2)cc(C)c1.Cc1[c-]c(-c2ccc3cc(C4CCCC4)c(C4CCCC4)cc3n2)cc(C)c1.[Ir].[Ir].[Ir]. The Labute approximate surface area is 687 Å². The number of allylic oxidation sites excluding steroid dienone is 3. The molecule has 108 heavy (non-hydrogen) atoms. The number of hydrogen-bond donors (Lipinski definition) is 6. The van der Waals surface area contributed by atoms with Crippen LogP contribution in [0.4, 0.5) is 0 Å². The van der Waals surface area contributed by atoms with Crippen LogP contribution in [0.5, 0.6) is 0 Å². The molecule has 6 saturated carbocycles. The summed E-state index contributed by atoms with van der Waals surface area (Å²) >= 11 is 0. The molecule has 585 valence electrons. The molecular weight excluding hydrogens is 1870 g/mol. The van der Waals surface area contributed by atoms with Gasteiger partial charge in [-0.2, -0.15) is 0 Å². The smallest absolute Gasteiger partial charge is 0.0877 e. The van der Waals surface area contributed by atoms with Gasteiger partial charge in [-0.3, -0.25) is 15.0 Å². The molecule has 0 saturated heterocycles. The maximum Gasteiger partial charge on any atom is 0.0877 e. The van der Waals surface area contributed by atoms with Crippen LogP contribution >= 0.6 is 0 Å². The van der Waals surface area contributed by atoms with Crippen molar-refractivity contribution in [3.05, 3.63) is 230 Å². The minimum atomic E-state index is -0.537. The van der Waals surface area contributed by atoms with Gasteiger partial charge in [0, 0.05) is 71.1 Å². The van der Waals surface area contributed by atoms with Crippen molar-refractivity contribution >= 4 is 32.7 Å². The van der Waals surface area contributed by atoms with Gasteiger partial charge in [0.15, 0.2) is 0 Å². The summed E-state index contributed by atoms with van der Waals surface area (Å²) in [5.41, 5.74) is 27.0. The molecule has 3 heterocycles. The van der Waals surface area contributed by atoms with Crippen molar-refractivity contribution in [3.8, 4) is 33.8 Å². The first-order valence-electron chi connectivity index (χ1n) is 39.9. The van der Waals surface area contributed by atoms with Crippen molar-refractivity contribution in [2.75, 3.05) is 0 Å². The molecule has 0 amide bonds. The van der Waals surface area contributed by atoms with Gasteiger partial charge in [-0.1, -0.05) is 167 Å². The second-order valence-electron chi connectivity index (χ2n) is 31.9. The number of rotatable bonds is 12. The molecule has 3 radical (unpaired) electrons. The van der Waals surface area contributed by atoms with Crippen LogP contribution in [0.1, 0.15) is 298 Å². The number of benzene rings is 6. The van der Waals surface area contributed by atoms with Gasteiger partial charge in [0.05, 0.1) is 52.1 Å². The third kappa shape index (κ3) is 25.5. The number of hydrogen-bond acceptors (Lipinski definition) is 9. The van der Waals surface area contributed by atoms with Gasteiger partial charge in [0.25, 0.3) is 0 Å². The van der Waals surface area contributed by atoms with Crippen molar-refractivity contribution in [2.24, 2.45) is 0 Å². The summed E-state index contributed by atoms with van der Waals surface area (Å²) in [6, 6.07) is 51.8. The zero-order valence-electron chi connectivity index (χ0n) is 66.3. The second kappa shape index (κ2) is 43.1. The first-order chi connectivity index (χ1) is 50.4. The van der Waals surface area contributed by atoms with Crippen LogP contribution in [0.3, 0.4) is 0 Å². The Morgan fingerprint density at radius 2 is 0.676 bits per heavy atom. The summed E-state index contributed by atoms with van der Waals surface area (Å²) in [5.74, 6) is 4.98. The molecule has 6 aromatic carbocycles. The predicted molar refractivity (Wildman–Crippen MR) is 438 cm³/mol. The van der Waals surface area contributed by atoms with E-state index in [1.54, 1.807) is 54.2 Å². The van der Waals surface area contributed by atoms with E-state index in [4.69, 9.17) is 45.6 Å². The van der Waals surface area contributed by atoms with E-state index < -0.39 is 18.3 Å². The Bertz CT molecular complexity index is 4260. The zero-order chi connectivity index (χ0) is 74.8. The number of pyridine rings is 3. The number of nitrogens with zero attached hydrogens (tertiary/aromatic N) is 3. The summed E-state index contributed by atoms with van der Waals surface area (Å²) in [6.45, 7) is 22.1. The molecular formula is C96H120Ir3N3O6-3. The Balaban J connectivity index is 0.000000196. The maximum absolute atomic E-state index is 8.49. The minimum Gasteiger partial charge on any atom is -0.513 e. The van der Waals surface area contributed by atoms with Crippen molar-refractivity contribution in [3.63, 3.8) is 0 Å². The number of aliphatic hydroxyl groups excluding tert-OH is 6. The first-order valence-corrected chi connectivity index (χ1v) is 39.9. The predicted octanol–water partition coefficient (Wildman–Crippen LogP) is 25.4. The summed E-state index contributed by atoms with van der Waals surface area (Å²) in [5, 5.41) is 54.8. The van der Waals surface area contributed by atoms with E-state index in [0.717, 1.165) is 80.3 Å². The topological polar surface area (TPSA) is 160 Å². The normalized spacial score (nSPS) is 17.5. The molecule has 9 nitrogen and oxygen atoms in total. The summed E-state index contributed by atoms with van der Waals surface area (Å²) < 4.78 is 0. The average molecular weight is 1990 g/mol. The molecule has 0 aliphatic heterocycles. The fourth-order valence-electron chi connectivity index (χ4n) is 17.8. The molecule has 3 unspecified atom stereocenters. The molecule has 9 aromatic rings. The molecule has 3 aromatic heterocycles. The van der Waals surface area contributed by atoms with Crippen LogP contribution in [0, 0.1) is 59.7 Å². The van der Waals surface area contributed by atoms with Gasteiger partial charge < -0.3 is 30.6 Å². The van der Waals surface area contributed by atoms with E-state index in [2.05, 4.69) is 169 Å². The molecule has 6 aliphatic rings. The van der Waals surface area contributed by atoms with E-state index in [-0.39, 0.29) is 77.6 Å². The Kier molecular flexibility index (Phi) is 35.6. The Morgan fingerprint density at radius 3 is 1.06 bits per heavy atom. The average Bonchev–Trinajstić information content (AvgIpc) is 1.36. The number of aryl methyl sites for hydroxylation is 6. The van der Waals surface area contributed by atoms with E-state index in [1.165, 1.54) is 248 Å². The second-order valence-corrected chi connectivity index (χ2v) is 31.9. The largest absolute Gasteiger partial charge is 0.513 e. The molecule has 6 aliphatic carbocycles. The third-order valence-electron chi connectivity index (χ3n) is 22.2. The quantitative estimate of drug-likeness (QED) is 0.0517. The number of aromatic nitrogens is 3. The molecule has 6 N–H and O–H groups in total. The summed E-state index contributed by atoms with van der Waals surface area (Å²) in [7, 11) is 0. The van der Waals surface area contributed by atoms with Gasteiger partial charge in [-0.05, 0) is 252 Å². The zero-order valence-corrected chi connectivity index (χ0v) is 73.5. The van der Waals surface area contributed by atoms with Gasteiger partial charge in [0.1, 0.15) is 0 Å². The molecule has 15 rings (SSSR count). The maximum atomic E-state index is 8.49. The van der Waals surface area contributed by atoms with Crippen LogP contribution in [0.25, 0.3) is 66.5 Å². The van der Waals surface area contributed by atoms with Gasteiger partial charge >= 0.3 is 0 Å². The standard InChI is InChI=1S/3C27H30N.3C5H10O2.3Ir/c1-18-15-19(2)17-22(16-18)25-13-12-24-26(28-25)14-11-23(20-7-3-4-8-20)27(24)21-9-5-6-10-21;1-18-13-19(2)15-23(14-18)26-12-11-24-25(21-9-5-6-10-21)16-22(17-27(24)28-26)20-7-3-4-8-20;1-18-13-19(2)15-23(14-18)26-12-11-22-16-24(20-7-3-4-8-20)25(17-27(22)28-26)21-9-5-6-10-21;3*1-4(6)3-5(2)7;;;/h11-16,20-21H,3-10H2,1-2H3;2*11-14,16-17,20-21H,3-10H2,1-2H3;3*3-4,6-7H,1-2H3;;;/q3*-1;;;;;;. The summed E-state index contributed by atoms with van der Waals surface area (Å²) in [6.07, 6.45) is 35.4. The van der Waals surface area contributed by atoms with E-state index in [9.17, 15) is 0 Å². The van der Waals surface area contributed by atoms with Crippen LogP contribution in [0.2, 0.25) is 0 Å². The van der Waals surface area contributed by atoms with E-state index in [1.807, 2.05) is 0 Å². The van der Waals surface area contributed by atoms with Crippen molar-refractivity contribution in [1.82, 2.24) is 15.0 Å². The molecule has 12 heteroatoms. The first kappa shape index (κ1) is 89.2. The molecule has 3 atom stereocenters. The fraction of sp³-hybridized carbons (Fsp3) is 0.469. The minimum absolute atomic E-state index is 0. The summed E-state index contributed by atoms with van der Waals surface area (Å²) in [4.78, 5) is 15.4. The number of aliphatic hydroxyl groups is 6. The van der Waals surface area contributed by atoms with E-state index >= 15 is 0 Å². The Morgan fingerprint density at radius 1 is 0.343 bits per heavy atom. The van der Waals surface area contributed by atoms with Crippen LogP contribution < -0.4 is 0 Å². The van der Waals surface area contributed by atoms with Crippen molar-refractivity contribution < 1.29 is 91.0 Å². The van der Waals surface area contributed by atoms with Gasteiger partial charge in [0.2, 0.25) is 0 Å². The van der Waals surface area contributed by atoms with Crippen LogP contribution in [0.15, 0.2) is 145 Å². The molecule has 0 spiro atoms. The van der Waals surface area contributed by atoms with Crippen molar-refractivity contribution in [2.45, 2.75) is 291 Å². The van der Waals surface area contributed by atoms with Crippen molar-refractivity contribution in [1.29, 1.82) is 0 Å². The molecule has 0 bridgehead atoms. The number of fused-ring (bicyclic) bond motifs is 3.